The zero-order valence-corrected chi connectivity index (χ0v) is 11.3. The van der Waals surface area contributed by atoms with E-state index >= 15 is 0 Å². The molecule has 3 nitrogen and oxygen atoms in total. The molecular formula is C16H19NO2. The van der Waals surface area contributed by atoms with Crippen LogP contribution in [-0.4, -0.2) is 10.1 Å². The quantitative estimate of drug-likeness (QED) is 0.892. The van der Waals surface area contributed by atoms with Crippen molar-refractivity contribution in [3.05, 3.63) is 59.3 Å². The number of aryl methyl sites for hydroxylation is 1. The van der Waals surface area contributed by atoms with Gasteiger partial charge >= 0.3 is 0 Å². The number of hydrogen-bond acceptors (Lipinski definition) is 3. The highest BCUT2D eigenvalue weighted by molar-refractivity contribution is 5.27. The van der Waals surface area contributed by atoms with Gasteiger partial charge in [0, 0.05) is 17.3 Å². The third-order valence-electron chi connectivity index (χ3n) is 3.08. The Hall–Kier alpha value is -1.87. The molecule has 2 rings (SSSR count). The van der Waals surface area contributed by atoms with Gasteiger partial charge in [0.15, 0.2) is 0 Å². The van der Waals surface area contributed by atoms with Gasteiger partial charge in [-0.2, -0.15) is 0 Å². The predicted octanol–water partition coefficient (Wildman–Crippen LogP) is 3.41. The fourth-order valence-electron chi connectivity index (χ4n) is 1.93. The second-order valence-electron chi connectivity index (χ2n) is 4.52. The first-order valence-corrected chi connectivity index (χ1v) is 6.53. The molecule has 0 aliphatic carbocycles. The zero-order chi connectivity index (χ0) is 13.7. The van der Waals surface area contributed by atoms with Crippen molar-refractivity contribution in [2.45, 2.75) is 33.0 Å². The minimum Gasteiger partial charge on any atom is -0.473 e. The molecule has 0 saturated heterocycles. The highest BCUT2D eigenvalue weighted by Gasteiger charge is 2.10. The van der Waals surface area contributed by atoms with E-state index in [-0.39, 0.29) is 0 Å². The molecule has 0 bridgehead atoms. The maximum atomic E-state index is 9.83. The maximum Gasteiger partial charge on any atom is 0.213 e. The van der Waals surface area contributed by atoms with Crippen LogP contribution in [0.1, 0.15) is 36.3 Å². The lowest BCUT2D eigenvalue weighted by molar-refractivity contribution is 0.172. The molecule has 0 aliphatic rings. The van der Waals surface area contributed by atoms with Crippen LogP contribution in [0.2, 0.25) is 0 Å². The molecule has 100 valence electrons. The molecule has 2 aromatic rings. The molecule has 1 aromatic carbocycles. The van der Waals surface area contributed by atoms with Gasteiger partial charge in [-0.15, -0.1) is 0 Å². The first-order chi connectivity index (χ1) is 9.20. The molecule has 0 spiro atoms. The Morgan fingerprint density at radius 2 is 1.89 bits per heavy atom. The Labute approximate surface area is 113 Å². The van der Waals surface area contributed by atoms with E-state index in [9.17, 15) is 5.11 Å². The Kier molecular flexibility index (Phi) is 4.53. The lowest BCUT2D eigenvalue weighted by Crippen LogP contribution is -2.03. The van der Waals surface area contributed by atoms with Gasteiger partial charge in [0.1, 0.15) is 6.61 Å². The minimum atomic E-state index is -0.448. The Morgan fingerprint density at radius 3 is 2.53 bits per heavy atom. The van der Waals surface area contributed by atoms with Crippen molar-refractivity contribution in [2.75, 3.05) is 0 Å². The van der Waals surface area contributed by atoms with Gasteiger partial charge in [-0.25, -0.2) is 4.98 Å². The summed E-state index contributed by atoms with van der Waals surface area (Å²) in [5, 5.41) is 9.83. The van der Waals surface area contributed by atoms with Gasteiger partial charge in [0.05, 0.1) is 6.10 Å². The van der Waals surface area contributed by atoms with Crippen LogP contribution in [0.25, 0.3) is 0 Å². The molecule has 1 N–H and O–H groups in total. The van der Waals surface area contributed by atoms with Crippen molar-refractivity contribution in [1.29, 1.82) is 0 Å². The molecule has 1 atom stereocenters. The number of aliphatic hydroxyl groups excluding tert-OH is 1. The van der Waals surface area contributed by atoms with E-state index in [1.54, 1.807) is 0 Å². The van der Waals surface area contributed by atoms with Crippen LogP contribution in [0, 0.1) is 6.92 Å². The largest absolute Gasteiger partial charge is 0.473 e. The van der Waals surface area contributed by atoms with Crippen molar-refractivity contribution >= 4 is 0 Å². The molecule has 19 heavy (non-hydrogen) atoms. The van der Waals surface area contributed by atoms with Crippen LogP contribution < -0.4 is 4.74 Å². The standard InChI is InChI=1S/C16H19NO2/c1-3-15(18)14-9-10-16(17-12(14)2)19-11-13-7-5-4-6-8-13/h4-10,15,18H,3,11H2,1-2H3/t15-/m1/s1. The Bertz CT molecular complexity index is 526. The molecule has 1 aromatic heterocycles. The molecule has 0 radical (unpaired) electrons. The lowest BCUT2D eigenvalue weighted by atomic mass is 10.1. The fourth-order valence-corrected chi connectivity index (χ4v) is 1.93. The monoisotopic (exact) mass is 257 g/mol. The van der Waals surface area contributed by atoms with E-state index in [4.69, 9.17) is 4.74 Å². The summed E-state index contributed by atoms with van der Waals surface area (Å²) in [6, 6.07) is 13.7. The first kappa shape index (κ1) is 13.6. The highest BCUT2D eigenvalue weighted by atomic mass is 16.5. The number of aromatic nitrogens is 1. The second-order valence-corrected chi connectivity index (χ2v) is 4.52. The van der Waals surface area contributed by atoms with E-state index in [1.807, 2.05) is 56.3 Å². The van der Waals surface area contributed by atoms with E-state index < -0.39 is 6.10 Å². The summed E-state index contributed by atoms with van der Waals surface area (Å²) < 4.78 is 5.65. The summed E-state index contributed by atoms with van der Waals surface area (Å²) >= 11 is 0. The molecule has 0 unspecified atom stereocenters. The molecule has 3 heteroatoms. The fraction of sp³-hybridized carbons (Fsp3) is 0.312. The molecule has 1 heterocycles. The minimum absolute atomic E-state index is 0.448. The van der Waals surface area contributed by atoms with Crippen molar-refractivity contribution < 1.29 is 9.84 Å². The summed E-state index contributed by atoms with van der Waals surface area (Å²) in [4.78, 5) is 4.38. The normalized spacial score (nSPS) is 12.2. The van der Waals surface area contributed by atoms with Gasteiger partial charge in [0.2, 0.25) is 5.88 Å². The molecule has 0 fully saturated rings. The van der Waals surface area contributed by atoms with Gasteiger partial charge in [0.25, 0.3) is 0 Å². The van der Waals surface area contributed by atoms with Crippen LogP contribution in [0.15, 0.2) is 42.5 Å². The number of rotatable bonds is 5. The summed E-state index contributed by atoms with van der Waals surface area (Å²) in [6.07, 6.45) is 0.239. The van der Waals surface area contributed by atoms with Crippen molar-refractivity contribution in [2.24, 2.45) is 0 Å². The number of nitrogens with zero attached hydrogens (tertiary/aromatic N) is 1. The lowest BCUT2D eigenvalue weighted by Gasteiger charge is -2.12. The van der Waals surface area contributed by atoms with Gasteiger partial charge < -0.3 is 9.84 Å². The average molecular weight is 257 g/mol. The maximum absolute atomic E-state index is 9.83. The summed E-state index contributed by atoms with van der Waals surface area (Å²) in [5.74, 6) is 0.591. The Morgan fingerprint density at radius 1 is 1.16 bits per heavy atom. The zero-order valence-electron chi connectivity index (χ0n) is 11.3. The van der Waals surface area contributed by atoms with Crippen molar-refractivity contribution in [3.63, 3.8) is 0 Å². The number of hydrogen-bond donors (Lipinski definition) is 1. The highest BCUT2D eigenvalue weighted by Crippen LogP contribution is 2.21. The van der Waals surface area contributed by atoms with Crippen molar-refractivity contribution in [3.8, 4) is 5.88 Å². The molecule has 0 aliphatic heterocycles. The third kappa shape index (κ3) is 3.55. The molecular weight excluding hydrogens is 238 g/mol. The van der Waals surface area contributed by atoms with Gasteiger partial charge in [-0.05, 0) is 25.0 Å². The van der Waals surface area contributed by atoms with Crippen LogP contribution in [-0.2, 0) is 6.61 Å². The second kappa shape index (κ2) is 6.34. The predicted molar refractivity (Wildman–Crippen MR) is 75.0 cm³/mol. The number of pyridine rings is 1. The molecule has 0 amide bonds. The summed E-state index contributed by atoms with van der Waals surface area (Å²) in [5.41, 5.74) is 2.80. The van der Waals surface area contributed by atoms with Crippen LogP contribution >= 0.6 is 0 Å². The van der Waals surface area contributed by atoms with E-state index in [2.05, 4.69) is 4.98 Å². The third-order valence-corrected chi connectivity index (χ3v) is 3.08. The average Bonchev–Trinajstić information content (AvgIpc) is 2.45. The summed E-state index contributed by atoms with van der Waals surface area (Å²) in [7, 11) is 0. The van der Waals surface area contributed by atoms with E-state index in [0.717, 1.165) is 16.8 Å². The summed E-state index contributed by atoms with van der Waals surface area (Å²) in [6.45, 7) is 4.34. The van der Waals surface area contributed by atoms with Gasteiger partial charge in [-0.1, -0.05) is 37.3 Å². The number of aliphatic hydroxyl groups is 1. The van der Waals surface area contributed by atoms with Crippen molar-refractivity contribution in [1.82, 2.24) is 4.98 Å². The van der Waals surface area contributed by atoms with E-state index in [1.165, 1.54) is 0 Å². The number of benzene rings is 1. The van der Waals surface area contributed by atoms with Crippen LogP contribution in [0.3, 0.4) is 0 Å². The smallest absolute Gasteiger partial charge is 0.213 e. The number of ether oxygens (including phenoxy) is 1. The molecule has 0 saturated carbocycles. The van der Waals surface area contributed by atoms with Gasteiger partial charge in [-0.3, -0.25) is 0 Å². The van der Waals surface area contributed by atoms with Crippen LogP contribution in [0.5, 0.6) is 5.88 Å². The first-order valence-electron chi connectivity index (χ1n) is 6.53. The SMILES string of the molecule is CC[C@@H](O)c1ccc(OCc2ccccc2)nc1C. The topological polar surface area (TPSA) is 42.4 Å². The Balaban J connectivity index is 2.04. The van der Waals surface area contributed by atoms with E-state index in [0.29, 0.717) is 18.9 Å². The van der Waals surface area contributed by atoms with Crippen LogP contribution in [0.4, 0.5) is 0 Å².